The maximum absolute atomic E-state index is 13.4. The average molecular weight is 514 g/mol. The Bertz CT molecular complexity index is 1210. The van der Waals surface area contributed by atoms with E-state index in [0.29, 0.717) is 24.2 Å². The molecular formula is C26H26F3N5O3. The van der Waals surface area contributed by atoms with Gasteiger partial charge >= 0.3 is 12.2 Å². The van der Waals surface area contributed by atoms with E-state index in [1.807, 2.05) is 18.2 Å². The summed E-state index contributed by atoms with van der Waals surface area (Å²) in [7, 11) is 0. The van der Waals surface area contributed by atoms with Crippen molar-refractivity contribution in [2.75, 3.05) is 26.2 Å². The predicted octanol–water partition coefficient (Wildman–Crippen LogP) is 3.20. The summed E-state index contributed by atoms with van der Waals surface area (Å²) in [5.41, 5.74) is 1.11. The Kier molecular flexibility index (Phi) is 7.61. The van der Waals surface area contributed by atoms with Crippen LogP contribution >= 0.6 is 0 Å². The Morgan fingerprint density at radius 2 is 1.95 bits per heavy atom. The van der Waals surface area contributed by atoms with Crippen molar-refractivity contribution < 1.29 is 27.6 Å². The van der Waals surface area contributed by atoms with Gasteiger partial charge in [0.2, 0.25) is 5.91 Å². The molecule has 0 saturated heterocycles. The van der Waals surface area contributed by atoms with Crippen molar-refractivity contribution in [1.29, 1.82) is 0 Å². The van der Waals surface area contributed by atoms with Gasteiger partial charge in [0.25, 0.3) is 5.91 Å². The van der Waals surface area contributed by atoms with Crippen LogP contribution in [-0.2, 0) is 22.2 Å². The average Bonchev–Trinajstić information content (AvgIpc) is 3.20. The molecule has 194 valence electrons. The molecule has 4 amide bonds. The topological polar surface area (TPSA) is 94.6 Å². The lowest BCUT2D eigenvalue weighted by molar-refractivity contribution is -0.137. The van der Waals surface area contributed by atoms with E-state index in [2.05, 4.69) is 22.2 Å². The number of benzene rings is 1. The summed E-state index contributed by atoms with van der Waals surface area (Å²) in [6.07, 6.45) is -0.674. The molecule has 0 spiro atoms. The highest BCUT2D eigenvalue weighted by Crippen LogP contribution is 2.37. The predicted molar refractivity (Wildman–Crippen MR) is 129 cm³/mol. The molecule has 11 heteroatoms. The first-order valence-electron chi connectivity index (χ1n) is 11.7. The van der Waals surface area contributed by atoms with Gasteiger partial charge in [0.05, 0.1) is 29.4 Å². The molecule has 1 aromatic heterocycles. The Morgan fingerprint density at radius 1 is 1.19 bits per heavy atom. The number of pyridine rings is 1. The summed E-state index contributed by atoms with van der Waals surface area (Å²) in [4.78, 5) is 45.6. The van der Waals surface area contributed by atoms with Gasteiger partial charge in [0, 0.05) is 44.4 Å². The fraction of sp³-hybridized carbons (Fsp3) is 0.308. The minimum absolute atomic E-state index is 0.0578. The lowest BCUT2D eigenvalue weighted by Crippen LogP contribution is -2.47. The number of nitrogens with zero attached hydrogens (tertiary/aromatic N) is 3. The lowest BCUT2D eigenvalue weighted by Gasteiger charge is -2.33. The number of carbonyl (C=O) groups is 3. The fourth-order valence-corrected chi connectivity index (χ4v) is 4.37. The zero-order valence-electron chi connectivity index (χ0n) is 19.9. The molecule has 3 heterocycles. The van der Waals surface area contributed by atoms with Crippen molar-refractivity contribution in [3.63, 3.8) is 0 Å². The molecular weight excluding hydrogens is 487 g/mol. The number of halogens is 3. The summed E-state index contributed by atoms with van der Waals surface area (Å²) < 4.78 is 39.0. The van der Waals surface area contributed by atoms with Crippen LogP contribution in [0.25, 0.3) is 0 Å². The molecule has 4 rings (SSSR count). The van der Waals surface area contributed by atoms with Crippen LogP contribution in [0, 0.1) is 0 Å². The van der Waals surface area contributed by atoms with E-state index in [1.54, 1.807) is 6.20 Å². The fourth-order valence-electron chi connectivity index (χ4n) is 4.37. The first kappa shape index (κ1) is 25.9. The zero-order chi connectivity index (χ0) is 26.6. The summed E-state index contributed by atoms with van der Waals surface area (Å²) in [5.74, 6) is -0.611. The Morgan fingerprint density at radius 3 is 2.59 bits per heavy atom. The Hall–Kier alpha value is -4.15. The summed E-state index contributed by atoms with van der Waals surface area (Å²) in [6.45, 7) is 4.44. The number of aromatic nitrogens is 1. The number of hydrogen-bond donors (Lipinski definition) is 2. The van der Waals surface area contributed by atoms with Crippen molar-refractivity contribution in [3.8, 4) is 0 Å². The second-order valence-electron chi connectivity index (χ2n) is 8.66. The number of carbonyl (C=O) groups excluding carboxylic acids is 3. The minimum Gasteiger partial charge on any atom is -0.356 e. The molecule has 2 aromatic rings. The van der Waals surface area contributed by atoms with E-state index in [1.165, 1.54) is 28.0 Å². The van der Waals surface area contributed by atoms with Crippen LogP contribution in [0.3, 0.4) is 0 Å². The summed E-state index contributed by atoms with van der Waals surface area (Å²) in [5, 5.41) is 5.53. The highest BCUT2D eigenvalue weighted by molar-refractivity contribution is 6.01. The maximum Gasteiger partial charge on any atom is 0.416 e. The van der Waals surface area contributed by atoms with Crippen molar-refractivity contribution in [1.82, 2.24) is 25.4 Å². The Labute approximate surface area is 211 Å². The number of hydrogen-bond acceptors (Lipinski definition) is 4. The van der Waals surface area contributed by atoms with E-state index in [0.717, 1.165) is 17.8 Å². The number of amides is 4. The molecule has 0 aliphatic carbocycles. The first-order chi connectivity index (χ1) is 17.7. The molecule has 8 nitrogen and oxygen atoms in total. The van der Waals surface area contributed by atoms with Gasteiger partial charge in [-0.05, 0) is 29.8 Å². The third kappa shape index (κ3) is 5.82. The Balaban J connectivity index is 1.45. The largest absolute Gasteiger partial charge is 0.416 e. The quantitative estimate of drug-likeness (QED) is 0.504. The summed E-state index contributed by atoms with van der Waals surface area (Å²) >= 11 is 0. The van der Waals surface area contributed by atoms with Crippen molar-refractivity contribution in [2.45, 2.75) is 25.1 Å². The van der Waals surface area contributed by atoms with Gasteiger partial charge in [-0.15, -0.1) is 6.58 Å². The highest BCUT2D eigenvalue weighted by Gasteiger charge is 2.43. The normalized spacial score (nSPS) is 17.5. The zero-order valence-corrected chi connectivity index (χ0v) is 19.9. The second-order valence-corrected chi connectivity index (χ2v) is 8.66. The van der Waals surface area contributed by atoms with Crippen LogP contribution < -0.4 is 10.6 Å². The summed E-state index contributed by atoms with van der Waals surface area (Å²) in [6, 6.07) is 8.51. The molecule has 0 unspecified atom stereocenters. The van der Waals surface area contributed by atoms with Crippen LogP contribution in [0.5, 0.6) is 0 Å². The second kappa shape index (κ2) is 10.9. The smallest absolute Gasteiger partial charge is 0.356 e. The van der Waals surface area contributed by atoms with Crippen molar-refractivity contribution in [2.24, 2.45) is 0 Å². The lowest BCUT2D eigenvalue weighted by atomic mass is 9.94. The molecule has 0 fully saturated rings. The van der Waals surface area contributed by atoms with Gasteiger partial charge in [0.1, 0.15) is 0 Å². The van der Waals surface area contributed by atoms with Crippen LogP contribution in [-0.4, -0.2) is 58.8 Å². The van der Waals surface area contributed by atoms with Gasteiger partial charge in [-0.2, -0.15) is 13.2 Å². The molecule has 0 bridgehead atoms. The van der Waals surface area contributed by atoms with Gasteiger partial charge in [-0.1, -0.05) is 24.3 Å². The van der Waals surface area contributed by atoms with Crippen LogP contribution in [0.4, 0.5) is 18.0 Å². The third-order valence-electron chi connectivity index (χ3n) is 6.22. The number of nitrogens with one attached hydrogen (secondary N) is 2. The first-order valence-corrected chi connectivity index (χ1v) is 11.7. The van der Waals surface area contributed by atoms with Gasteiger partial charge < -0.3 is 15.5 Å². The van der Waals surface area contributed by atoms with Crippen LogP contribution in [0.15, 0.2) is 72.6 Å². The monoisotopic (exact) mass is 513 g/mol. The van der Waals surface area contributed by atoms with Gasteiger partial charge in [-0.25, -0.2) is 4.79 Å². The number of alkyl halides is 3. The van der Waals surface area contributed by atoms with E-state index in [9.17, 15) is 27.6 Å². The molecule has 0 radical (unpaired) electrons. The standard InChI is InChI=1S/C26H26F3N5O3/c1-2-14-34-20-16-33(15-11-21(35)31-13-10-19-5-3-4-12-30-19)24(36)22(20)23(32-25(34)37)17-6-8-18(9-7-17)26(27,28)29/h2-9,12,23H,1,10-11,13-16H2,(H,31,35)(H,32,37)/t23-/m1/s1. The third-order valence-corrected chi connectivity index (χ3v) is 6.22. The van der Waals surface area contributed by atoms with E-state index < -0.39 is 23.8 Å². The van der Waals surface area contributed by atoms with Crippen LogP contribution in [0.2, 0.25) is 0 Å². The van der Waals surface area contributed by atoms with E-state index in [4.69, 9.17) is 0 Å². The minimum atomic E-state index is -4.50. The maximum atomic E-state index is 13.4. The van der Waals surface area contributed by atoms with E-state index in [-0.39, 0.29) is 43.4 Å². The van der Waals surface area contributed by atoms with Gasteiger partial charge in [-0.3, -0.25) is 19.5 Å². The molecule has 2 N–H and O–H groups in total. The molecule has 1 aromatic carbocycles. The highest BCUT2D eigenvalue weighted by atomic mass is 19.4. The molecule has 2 aliphatic rings. The number of rotatable bonds is 9. The van der Waals surface area contributed by atoms with Crippen LogP contribution in [0.1, 0.15) is 29.3 Å². The molecule has 1 atom stereocenters. The molecule has 2 aliphatic heterocycles. The van der Waals surface area contributed by atoms with Gasteiger partial charge in [0.15, 0.2) is 0 Å². The van der Waals surface area contributed by atoms with Crippen molar-refractivity contribution in [3.05, 3.63) is 89.4 Å². The number of urea groups is 1. The molecule has 37 heavy (non-hydrogen) atoms. The van der Waals surface area contributed by atoms with E-state index >= 15 is 0 Å². The SMILES string of the molecule is C=CCN1C(=O)N[C@H](c2ccc(C(F)(F)F)cc2)C2=C1CN(CCC(=O)NCCc1ccccn1)C2=O. The molecule has 0 saturated carbocycles. The van der Waals surface area contributed by atoms with Crippen molar-refractivity contribution >= 4 is 17.8 Å².